The maximum absolute atomic E-state index is 12.9. The standard InChI is InChI=1S/C15H29N3O3S/c1-4-18-13-7-5-6-8-15(13,9-12-22(18,20)21)14(19)16-10-11-17(2)3/h13H,4-12H2,1-3H3,(H,16,19)/t13-,15-/m1/s1. The second kappa shape index (κ2) is 6.84. The predicted octanol–water partition coefficient (Wildman–Crippen LogP) is 0.649. The van der Waals surface area contributed by atoms with Gasteiger partial charge in [0, 0.05) is 25.7 Å². The predicted molar refractivity (Wildman–Crippen MR) is 87.0 cm³/mol. The molecule has 2 fully saturated rings. The van der Waals surface area contributed by atoms with Gasteiger partial charge in [0.15, 0.2) is 0 Å². The summed E-state index contributed by atoms with van der Waals surface area (Å²) < 4.78 is 26.2. The number of carbonyl (C=O) groups excluding carboxylic acids is 1. The highest BCUT2D eigenvalue weighted by Gasteiger charge is 2.54. The zero-order valence-electron chi connectivity index (χ0n) is 14.0. The van der Waals surface area contributed by atoms with E-state index in [1.807, 2.05) is 25.9 Å². The van der Waals surface area contributed by atoms with Crippen LogP contribution in [0.1, 0.15) is 39.0 Å². The van der Waals surface area contributed by atoms with Gasteiger partial charge < -0.3 is 10.2 Å². The van der Waals surface area contributed by atoms with Crippen LogP contribution in [0.5, 0.6) is 0 Å². The topological polar surface area (TPSA) is 69.7 Å². The average Bonchev–Trinajstić information content (AvgIpc) is 2.46. The van der Waals surface area contributed by atoms with Gasteiger partial charge in [-0.25, -0.2) is 8.42 Å². The minimum Gasteiger partial charge on any atom is -0.354 e. The molecule has 1 amide bonds. The Balaban J connectivity index is 2.19. The van der Waals surface area contributed by atoms with E-state index in [1.54, 1.807) is 4.31 Å². The average molecular weight is 331 g/mol. The number of carbonyl (C=O) groups is 1. The number of nitrogens with one attached hydrogen (secondary N) is 1. The van der Waals surface area contributed by atoms with Crippen molar-refractivity contribution in [2.75, 3.05) is 39.5 Å². The molecule has 0 aromatic rings. The van der Waals surface area contributed by atoms with Gasteiger partial charge in [-0.05, 0) is 33.4 Å². The minimum atomic E-state index is -3.20. The van der Waals surface area contributed by atoms with Crippen molar-refractivity contribution in [2.24, 2.45) is 5.41 Å². The normalized spacial score (nSPS) is 31.7. The molecule has 2 rings (SSSR count). The first-order valence-electron chi connectivity index (χ1n) is 8.26. The quantitative estimate of drug-likeness (QED) is 0.803. The second-order valence-corrected chi connectivity index (χ2v) is 8.79. The van der Waals surface area contributed by atoms with Gasteiger partial charge in [0.1, 0.15) is 0 Å². The lowest BCUT2D eigenvalue weighted by atomic mass is 9.67. The maximum Gasteiger partial charge on any atom is 0.227 e. The van der Waals surface area contributed by atoms with E-state index in [2.05, 4.69) is 5.32 Å². The summed E-state index contributed by atoms with van der Waals surface area (Å²) in [6, 6.07) is -0.163. The van der Waals surface area contributed by atoms with Crippen molar-refractivity contribution >= 4 is 15.9 Å². The zero-order chi connectivity index (χ0) is 16.4. The van der Waals surface area contributed by atoms with Crippen molar-refractivity contribution in [2.45, 2.75) is 45.1 Å². The summed E-state index contributed by atoms with van der Waals surface area (Å²) in [4.78, 5) is 14.9. The second-order valence-electron chi connectivity index (χ2n) is 6.75. The molecule has 2 atom stereocenters. The van der Waals surface area contributed by atoms with Crippen molar-refractivity contribution in [1.82, 2.24) is 14.5 Å². The summed E-state index contributed by atoms with van der Waals surface area (Å²) in [7, 11) is 0.740. The van der Waals surface area contributed by atoms with Crippen molar-refractivity contribution in [1.29, 1.82) is 0 Å². The van der Waals surface area contributed by atoms with Crippen molar-refractivity contribution in [3.8, 4) is 0 Å². The monoisotopic (exact) mass is 331 g/mol. The van der Waals surface area contributed by atoms with Gasteiger partial charge in [0.25, 0.3) is 0 Å². The largest absolute Gasteiger partial charge is 0.354 e. The minimum absolute atomic E-state index is 0.0485. The lowest BCUT2D eigenvalue weighted by Crippen LogP contribution is -2.62. The fourth-order valence-electron chi connectivity index (χ4n) is 3.92. The van der Waals surface area contributed by atoms with E-state index in [4.69, 9.17) is 0 Å². The van der Waals surface area contributed by atoms with Crippen molar-refractivity contribution < 1.29 is 13.2 Å². The summed E-state index contributed by atoms with van der Waals surface area (Å²) in [5.74, 6) is 0.144. The molecule has 1 aliphatic carbocycles. The highest BCUT2D eigenvalue weighted by molar-refractivity contribution is 7.89. The molecule has 0 aromatic heterocycles. The van der Waals surface area contributed by atoms with Gasteiger partial charge in [-0.2, -0.15) is 4.31 Å². The Labute approximate surface area is 134 Å². The molecule has 128 valence electrons. The van der Waals surface area contributed by atoms with Crippen LogP contribution < -0.4 is 5.32 Å². The Morgan fingerprint density at radius 1 is 1.32 bits per heavy atom. The fraction of sp³-hybridized carbons (Fsp3) is 0.933. The summed E-state index contributed by atoms with van der Waals surface area (Å²) in [5, 5.41) is 3.04. The first kappa shape index (κ1) is 17.7. The van der Waals surface area contributed by atoms with E-state index in [0.717, 1.165) is 32.2 Å². The highest BCUT2D eigenvalue weighted by atomic mass is 32.2. The third-order valence-electron chi connectivity index (χ3n) is 5.11. The van der Waals surface area contributed by atoms with Crippen LogP contribution in [0.15, 0.2) is 0 Å². The summed E-state index contributed by atoms with van der Waals surface area (Å²) in [6.45, 7) is 3.73. The molecule has 0 spiro atoms. The number of hydrogen-bond donors (Lipinski definition) is 1. The zero-order valence-corrected chi connectivity index (χ0v) is 14.8. The molecule has 1 saturated heterocycles. The molecule has 6 nitrogen and oxygen atoms in total. The van der Waals surface area contributed by atoms with Crippen LogP contribution in [0.25, 0.3) is 0 Å². The molecule has 0 unspecified atom stereocenters. The number of hydrogen-bond acceptors (Lipinski definition) is 4. The molecular formula is C15H29N3O3S. The summed E-state index contributed by atoms with van der Waals surface area (Å²) in [6.07, 6.45) is 4.08. The van der Waals surface area contributed by atoms with Crippen LogP contribution in [0, 0.1) is 5.41 Å². The van der Waals surface area contributed by atoms with Crippen molar-refractivity contribution in [3.05, 3.63) is 0 Å². The number of nitrogens with zero attached hydrogens (tertiary/aromatic N) is 2. The van der Waals surface area contributed by atoms with E-state index in [-0.39, 0.29) is 17.7 Å². The molecule has 0 bridgehead atoms. The van der Waals surface area contributed by atoms with Crippen LogP contribution in [0.3, 0.4) is 0 Å². The Morgan fingerprint density at radius 2 is 2.05 bits per heavy atom. The SMILES string of the molecule is CCN1[C@@H]2CCCC[C@@]2(C(=O)NCCN(C)C)CCS1(=O)=O. The third-order valence-corrected chi connectivity index (χ3v) is 7.06. The summed E-state index contributed by atoms with van der Waals surface area (Å²) >= 11 is 0. The van der Waals surface area contributed by atoms with E-state index in [1.165, 1.54) is 0 Å². The van der Waals surface area contributed by atoms with Crippen LogP contribution in [-0.2, 0) is 14.8 Å². The van der Waals surface area contributed by atoms with E-state index >= 15 is 0 Å². The van der Waals surface area contributed by atoms with Gasteiger partial charge in [-0.1, -0.05) is 19.8 Å². The summed E-state index contributed by atoms with van der Waals surface area (Å²) in [5.41, 5.74) is -0.522. The smallest absolute Gasteiger partial charge is 0.227 e. The Kier molecular flexibility index (Phi) is 5.50. The number of amides is 1. The Bertz CT molecular complexity index is 506. The van der Waals surface area contributed by atoms with Gasteiger partial charge >= 0.3 is 0 Å². The van der Waals surface area contributed by atoms with Crippen molar-refractivity contribution in [3.63, 3.8) is 0 Å². The first-order chi connectivity index (χ1) is 10.3. The molecule has 22 heavy (non-hydrogen) atoms. The molecule has 0 radical (unpaired) electrons. The lowest BCUT2D eigenvalue weighted by Gasteiger charge is -2.50. The molecule has 1 heterocycles. The lowest BCUT2D eigenvalue weighted by molar-refractivity contribution is -0.137. The van der Waals surface area contributed by atoms with Gasteiger partial charge in [0.2, 0.25) is 15.9 Å². The van der Waals surface area contributed by atoms with Crippen LogP contribution in [-0.4, -0.2) is 69.1 Å². The van der Waals surface area contributed by atoms with E-state index < -0.39 is 15.4 Å². The first-order valence-corrected chi connectivity index (χ1v) is 9.87. The van der Waals surface area contributed by atoms with E-state index in [0.29, 0.717) is 19.5 Å². The number of rotatable bonds is 5. The van der Waals surface area contributed by atoms with Crippen LogP contribution in [0.2, 0.25) is 0 Å². The molecule has 1 N–H and O–H groups in total. The van der Waals surface area contributed by atoms with Gasteiger partial charge in [-0.3, -0.25) is 4.79 Å². The van der Waals surface area contributed by atoms with Crippen LogP contribution >= 0.6 is 0 Å². The van der Waals surface area contributed by atoms with Gasteiger partial charge in [0.05, 0.1) is 11.2 Å². The van der Waals surface area contributed by atoms with Gasteiger partial charge in [-0.15, -0.1) is 0 Å². The fourth-order valence-corrected chi connectivity index (χ4v) is 5.86. The molecule has 1 aliphatic heterocycles. The molecule has 7 heteroatoms. The van der Waals surface area contributed by atoms with E-state index in [9.17, 15) is 13.2 Å². The molecule has 1 saturated carbocycles. The maximum atomic E-state index is 12.9. The molecule has 0 aromatic carbocycles. The molecule has 2 aliphatic rings. The number of sulfonamides is 1. The number of likely N-dealkylation sites (N-methyl/N-ethyl adjacent to an activating group) is 1. The van der Waals surface area contributed by atoms with Crippen LogP contribution in [0.4, 0.5) is 0 Å². The third kappa shape index (κ3) is 3.31. The highest BCUT2D eigenvalue weighted by Crippen LogP contribution is 2.46. The number of fused-ring (bicyclic) bond motifs is 1. The molecular weight excluding hydrogens is 302 g/mol. The Hall–Kier alpha value is -0.660. The Morgan fingerprint density at radius 3 is 2.68 bits per heavy atom.